The molecule has 1 fully saturated rings. The fourth-order valence-corrected chi connectivity index (χ4v) is 2.85. The summed E-state index contributed by atoms with van der Waals surface area (Å²) < 4.78 is 5.43. The van der Waals surface area contributed by atoms with E-state index in [4.69, 9.17) is 4.74 Å². The van der Waals surface area contributed by atoms with Crippen LogP contribution in [0.5, 0.6) is 0 Å². The van der Waals surface area contributed by atoms with Gasteiger partial charge in [0.15, 0.2) is 0 Å². The lowest BCUT2D eigenvalue weighted by molar-refractivity contribution is 0.136. The Morgan fingerprint density at radius 2 is 1.94 bits per heavy atom. The van der Waals surface area contributed by atoms with Gasteiger partial charge in [-0.05, 0) is 45.1 Å². The van der Waals surface area contributed by atoms with Gasteiger partial charge < -0.3 is 10.1 Å². The van der Waals surface area contributed by atoms with Crippen molar-refractivity contribution in [3.63, 3.8) is 0 Å². The Balaban J connectivity index is 2.26. The van der Waals surface area contributed by atoms with E-state index in [2.05, 4.69) is 19.2 Å². The third-order valence-corrected chi connectivity index (χ3v) is 3.69. The van der Waals surface area contributed by atoms with Crippen LogP contribution >= 0.6 is 0 Å². The minimum Gasteiger partial charge on any atom is -0.382 e. The zero-order chi connectivity index (χ0) is 11.6. The van der Waals surface area contributed by atoms with E-state index in [1.165, 1.54) is 44.9 Å². The average molecular weight is 227 g/mol. The first-order chi connectivity index (χ1) is 7.88. The van der Waals surface area contributed by atoms with E-state index < -0.39 is 0 Å². The Bertz CT molecular complexity index is 161. The molecule has 1 rings (SSSR count). The Kier molecular flexibility index (Phi) is 7.87. The smallest absolute Gasteiger partial charge is 0.0466 e. The fourth-order valence-electron chi connectivity index (χ4n) is 2.85. The van der Waals surface area contributed by atoms with Crippen LogP contribution in [-0.2, 0) is 4.74 Å². The maximum atomic E-state index is 5.43. The highest BCUT2D eigenvalue weighted by Gasteiger charge is 2.22. The predicted octanol–water partition coefficient (Wildman–Crippen LogP) is 3.36. The van der Waals surface area contributed by atoms with Gasteiger partial charge in [-0.3, -0.25) is 0 Å². The van der Waals surface area contributed by atoms with Crippen LogP contribution < -0.4 is 5.32 Å². The van der Waals surface area contributed by atoms with Crippen molar-refractivity contribution in [2.24, 2.45) is 5.92 Å². The Labute approximate surface area is 101 Å². The molecular formula is C14H29NO. The maximum absolute atomic E-state index is 5.43. The molecule has 0 bridgehead atoms. The minimum absolute atomic E-state index is 0.772. The van der Waals surface area contributed by atoms with Crippen LogP contribution in [0.1, 0.15) is 58.8 Å². The quantitative estimate of drug-likeness (QED) is 0.532. The number of rotatable bonds is 7. The van der Waals surface area contributed by atoms with Gasteiger partial charge in [-0.15, -0.1) is 0 Å². The molecule has 2 nitrogen and oxygen atoms in total. The Morgan fingerprint density at radius 3 is 2.69 bits per heavy atom. The highest BCUT2D eigenvalue weighted by molar-refractivity contribution is 4.79. The van der Waals surface area contributed by atoms with Crippen molar-refractivity contribution in [1.82, 2.24) is 5.32 Å². The normalized spacial score (nSPS) is 26.6. The molecule has 0 aliphatic heterocycles. The first-order valence-electron chi connectivity index (χ1n) is 7.19. The summed E-state index contributed by atoms with van der Waals surface area (Å²) in [6.45, 7) is 7.23. The van der Waals surface area contributed by atoms with Crippen LogP contribution in [0.15, 0.2) is 0 Å². The van der Waals surface area contributed by atoms with Crippen LogP contribution in [-0.4, -0.2) is 25.8 Å². The van der Waals surface area contributed by atoms with Crippen LogP contribution in [0.4, 0.5) is 0 Å². The van der Waals surface area contributed by atoms with Crippen LogP contribution in [0, 0.1) is 5.92 Å². The lowest BCUT2D eigenvalue weighted by Crippen LogP contribution is -2.35. The molecular weight excluding hydrogens is 198 g/mol. The molecule has 2 atom stereocenters. The molecule has 0 aromatic carbocycles. The second kappa shape index (κ2) is 9.00. The first kappa shape index (κ1) is 14.0. The predicted molar refractivity (Wildman–Crippen MR) is 69.8 cm³/mol. The molecule has 0 radical (unpaired) electrons. The van der Waals surface area contributed by atoms with Gasteiger partial charge in [0.25, 0.3) is 0 Å². The molecule has 1 aliphatic rings. The van der Waals surface area contributed by atoms with Gasteiger partial charge in [0.2, 0.25) is 0 Å². The average Bonchev–Trinajstić information content (AvgIpc) is 2.51. The molecule has 96 valence electrons. The molecule has 1 saturated carbocycles. The van der Waals surface area contributed by atoms with Gasteiger partial charge in [0, 0.05) is 19.3 Å². The van der Waals surface area contributed by atoms with E-state index >= 15 is 0 Å². The van der Waals surface area contributed by atoms with E-state index in [9.17, 15) is 0 Å². The lowest BCUT2D eigenvalue weighted by Gasteiger charge is -2.25. The van der Waals surface area contributed by atoms with E-state index in [0.29, 0.717) is 0 Å². The van der Waals surface area contributed by atoms with Gasteiger partial charge in [-0.2, -0.15) is 0 Å². The summed E-state index contributed by atoms with van der Waals surface area (Å²) in [6.07, 6.45) is 9.67. The van der Waals surface area contributed by atoms with Crippen molar-refractivity contribution in [1.29, 1.82) is 0 Å². The van der Waals surface area contributed by atoms with Crippen molar-refractivity contribution in [2.45, 2.75) is 64.8 Å². The van der Waals surface area contributed by atoms with E-state index in [-0.39, 0.29) is 0 Å². The zero-order valence-electron chi connectivity index (χ0n) is 11.1. The molecule has 1 aliphatic carbocycles. The second-order valence-corrected chi connectivity index (χ2v) is 4.90. The standard InChI is InChI=1S/C14H29NO/c1-3-15-14-11-7-5-6-9-13(14)10-8-12-16-4-2/h13-15H,3-12H2,1-2H3. The van der Waals surface area contributed by atoms with Crippen molar-refractivity contribution in [3.05, 3.63) is 0 Å². The second-order valence-electron chi connectivity index (χ2n) is 4.90. The van der Waals surface area contributed by atoms with Crippen LogP contribution in [0.25, 0.3) is 0 Å². The summed E-state index contributed by atoms with van der Waals surface area (Å²) in [7, 11) is 0. The van der Waals surface area contributed by atoms with Gasteiger partial charge in [-0.25, -0.2) is 0 Å². The SMILES string of the molecule is CCNC1CCCCCC1CCCOCC. The molecule has 16 heavy (non-hydrogen) atoms. The number of hydrogen-bond acceptors (Lipinski definition) is 2. The first-order valence-corrected chi connectivity index (χ1v) is 7.19. The third-order valence-electron chi connectivity index (χ3n) is 3.69. The monoisotopic (exact) mass is 227 g/mol. The van der Waals surface area contributed by atoms with Crippen LogP contribution in [0.3, 0.4) is 0 Å². The van der Waals surface area contributed by atoms with Gasteiger partial charge >= 0.3 is 0 Å². The summed E-state index contributed by atoms with van der Waals surface area (Å²) in [5.74, 6) is 0.892. The molecule has 0 amide bonds. The molecule has 2 unspecified atom stereocenters. The molecule has 0 aromatic heterocycles. The van der Waals surface area contributed by atoms with Crippen molar-refractivity contribution < 1.29 is 4.74 Å². The van der Waals surface area contributed by atoms with Gasteiger partial charge in [0.05, 0.1) is 0 Å². The van der Waals surface area contributed by atoms with E-state index in [0.717, 1.165) is 31.7 Å². The Hall–Kier alpha value is -0.0800. The number of nitrogens with one attached hydrogen (secondary N) is 1. The Morgan fingerprint density at radius 1 is 1.12 bits per heavy atom. The maximum Gasteiger partial charge on any atom is 0.0466 e. The van der Waals surface area contributed by atoms with Crippen molar-refractivity contribution in [2.75, 3.05) is 19.8 Å². The zero-order valence-corrected chi connectivity index (χ0v) is 11.1. The van der Waals surface area contributed by atoms with Gasteiger partial charge in [-0.1, -0.05) is 26.2 Å². The highest BCUT2D eigenvalue weighted by Crippen LogP contribution is 2.27. The third kappa shape index (κ3) is 5.31. The largest absolute Gasteiger partial charge is 0.382 e. The van der Waals surface area contributed by atoms with Crippen molar-refractivity contribution in [3.8, 4) is 0 Å². The minimum atomic E-state index is 0.772. The molecule has 1 N–H and O–H groups in total. The van der Waals surface area contributed by atoms with Gasteiger partial charge in [0.1, 0.15) is 0 Å². The summed E-state index contributed by atoms with van der Waals surface area (Å²) in [5, 5.41) is 3.67. The topological polar surface area (TPSA) is 21.3 Å². The number of hydrogen-bond donors (Lipinski definition) is 1. The summed E-state index contributed by atoms with van der Waals surface area (Å²) in [4.78, 5) is 0. The summed E-state index contributed by atoms with van der Waals surface area (Å²) in [5.41, 5.74) is 0. The molecule has 0 aromatic rings. The molecule has 0 spiro atoms. The molecule has 0 heterocycles. The van der Waals surface area contributed by atoms with E-state index in [1.807, 2.05) is 0 Å². The molecule has 0 saturated heterocycles. The molecule has 2 heteroatoms. The van der Waals surface area contributed by atoms with Crippen LogP contribution in [0.2, 0.25) is 0 Å². The summed E-state index contributed by atoms with van der Waals surface area (Å²) >= 11 is 0. The summed E-state index contributed by atoms with van der Waals surface area (Å²) in [6, 6.07) is 0.772. The van der Waals surface area contributed by atoms with E-state index in [1.54, 1.807) is 0 Å². The highest BCUT2D eigenvalue weighted by atomic mass is 16.5. The van der Waals surface area contributed by atoms with Crippen molar-refractivity contribution >= 4 is 0 Å². The number of ether oxygens (including phenoxy) is 1. The fraction of sp³-hybridized carbons (Fsp3) is 1.00. The lowest BCUT2D eigenvalue weighted by atomic mass is 9.90.